The van der Waals surface area contributed by atoms with Crippen molar-refractivity contribution in [3.8, 4) is 0 Å². The predicted octanol–water partition coefficient (Wildman–Crippen LogP) is 1.97. The van der Waals surface area contributed by atoms with Gasteiger partial charge in [0.2, 0.25) is 5.91 Å². The Bertz CT molecular complexity index is 583. The SMILES string of the molecule is Cc1nn(C)c(C)c1CCNC(=O)[C@@H]1CCCN(CC(F)(F)F)C1. The van der Waals surface area contributed by atoms with E-state index in [1.807, 2.05) is 25.6 Å². The molecule has 0 aromatic carbocycles. The Labute approximate surface area is 140 Å². The summed E-state index contributed by atoms with van der Waals surface area (Å²) in [6.07, 6.45) is -2.27. The van der Waals surface area contributed by atoms with E-state index < -0.39 is 12.7 Å². The molecule has 1 amide bonds. The molecule has 1 aromatic rings. The van der Waals surface area contributed by atoms with Gasteiger partial charge in [-0.2, -0.15) is 18.3 Å². The molecule has 1 saturated heterocycles. The molecule has 1 atom stereocenters. The minimum absolute atomic E-state index is 0.152. The van der Waals surface area contributed by atoms with Crippen molar-refractivity contribution in [1.82, 2.24) is 20.0 Å². The van der Waals surface area contributed by atoms with Crippen LogP contribution in [0.3, 0.4) is 0 Å². The summed E-state index contributed by atoms with van der Waals surface area (Å²) in [5, 5.41) is 7.20. The number of likely N-dealkylation sites (tertiary alicyclic amines) is 1. The molecule has 1 aliphatic rings. The minimum Gasteiger partial charge on any atom is -0.355 e. The predicted molar refractivity (Wildman–Crippen MR) is 84.6 cm³/mol. The Morgan fingerprint density at radius 2 is 2.08 bits per heavy atom. The van der Waals surface area contributed by atoms with Crippen molar-refractivity contribution in [2.75, 3.05) is 26.2 Å². The lowest BCUT2D eigenvalue weighted by molar-refractivity contribution is -0.152. The molecular formula is C16H25F3N4O. The molecule has 0 spiro atoms. The van der Waals surface area contributed by atoms with E-state index in [1.54, 1.807) is 0 Å². The first-order chi connectivity index (χ1) is 11.2. The van der Waals surface area contributed by atoms with Crippen LogP contribution in [-0.2, 0) is 18.3 Å². The zero-order chi connectivity index (χ0) is 17.9. The van der Waals surface area contributed by atoms with Gasteiger partial charge in [0.05, 0.1) is 18.2 Å². The van der Waals surface area contributed by atoms with Crippen LogP contribution in [0.25, 0.3) is 0 Å². The van der Waals surface area contributed by atoms with Gasteiger partial charge in [-0.3, -0.25) is 14.4 Å². The quantitative estimate of drug-likeness (QED) is 0.887. The van der Waals surface area contributed by atoms with Gasteiger partial charge in [0.15, 0.2) is 0 Å². The Balaban J connectivity index is 1.81. The number of alkyl halides is 3. The van der Waals surface area contributed by atoms with Crippen LogP contribution in [0.15, 0.2) is 0 Å². The number of carbonyl (C=O) groups is 1. The van der Waals surface area contributed by atoms with Crippen molar-refractivity contribution in [3.63, 3.8) is 0 Å². The van der Waals surface area contributed by atoms with E-state index in [9.17, 15) is 18.0 Å². The molecule has 2 heterocycles. The summed E-state index contributed by atoms with van der Waals surface area (Å²) in [5.74, 6) is -0.515. The minimum atomic E-state index is -4.21. The third kappa shape index (κ3) is 4.96. The molecule has 24 heavy (non-hydrogen) atoms. The molecule has 2 rings (SSSR count). The van der Waals surface area contributed by atoms with Crippen molar-refractivity contribution in [1.29, 1.82) is 0 Å². The van der Waals surface area contributed by atoms with Crippen LogP contribution in [0.2, 0.25) is 0 Å². The molecule has 1 aromatic heterocycles. The molecule has 0 bridgehead atoms. The van der Waals surface area contributed by atoms with E-state index in [1.165, 1.54) is 4.90 Å². The fourth-order valence-electron chi connectivity index (χ4n) is 3.30. The number of halogens is 3. The van der Waals surface area contributed by atoms with Crippen LogP contribution in [-0.4, -0.2) is 52.9 Å². The van der Waals surface area contributed by atoms with Gasteiger partial charge in [0, 0.05) is 25.8 Å². The molecule has 1 N–H and O–H groups in total. The van der Waals surface area contributed by atoms with Gasteiger partial charge in [-0.1, -0.05) is 0 Å². The lowest BCUT2D eigenvalue weighted by Crippen LogP contribution is -2.46. The number of aryl methyl sites for hydroxylation is 2. The largest absolute Gasteiger partial charge is 0.401 e. The summed E-state index contributed by atoms with van der Waals surface area (Å²) in [6.45, 7) is 4.02. The van der Waals surface area contributed by atoms with E-state index in [4.69, 9.17) is 0 Å². The average molecular weight is 346 g/mol. The van der Waals surface area contributed by atoms with Crippen LogP contribution < -0.4 is 5.32 Å². The van der Waals surface area contributed by atoms with Crippen molar-refractivity contribution < 1.29 is 18.0 Å². The highest BCUT2D eigenvalue weighted by Gasteiger charge is 2.34. The van der Waals surface area contributed by atoms with Crippen LogP contribution in [0, 0.1) is 19.8 Å². The number of aromatic nitrogens is 2. The van der Waals surface area contributed by atoms with Crippen molar-refractivity contribution in [3.05, 3.63) is 17.0 Å². The Kier molecular flexibility index (Phi) is 5.90. The summed E-state index contributed by atoms with van der Waals surface area (Å²) in [7, 11) is 1.88. The third-order valence-corrected chi connectivity index (χ3v) is 4.61. The van der Waals surface area contributed by atoms with Gasteiger partial charge >= 0.3 is 6.18 Å². The first-order valence-corrected chi connectivity index (χ1v) is 8.23. The number of nitrogens with one attached hydrogen (secondary N) is 1. The molecule has 5 nitrogen and oxygen atoms in total. The zero-order valence-electron chi connectivity index (χ0n) is 14.4. The topological polar surface area (TPSA) is 50.2 Å². The van der Waals surface area contributed by atoms with Gasteiger partial charge in [-0.25, -0.2) is 0 Å². The van der Waals surface area contributed by atoms with Crippen molar-refractivity contribution in [2.24, 2.45) is 13.0 Å². The standard InChI is InChI=1S/C16H25F3N4O/c1-11-14(12(2)22(3)21-11)6-7-20-15(24)13-5-4-8-23(9-13)10-16(17,18)19/h13H,4-10H2,1-3H3,(H,20,24)/t13-/m1/s1. The number of nitrogens with zero attached hydrogens (tertiary/aromatic N) is 3. The first-order valence-electron chi connectivity index (χ1n) is 8.23. The van der Waals surface area contributed by atoms with Crippen LogP contribution >= 0.6 is 0 Å². The van der Waals surface area contributed by atoms with E-state index in [-0.39, 0.29) is 18.4 Å². The van der Waals surface area contributed by atoms with Gasteiger partial charge in [-0.15, -0.1) is 0 Å². The second-order valence-electron chi connectivity index (χ2n) is 6.50. The summed E-state index contributed by atoms with van der Waals surface area (Å²) < 4.78 is 39.3. The summed E-state index contributed by atoms with van der Waals surface area (Å²) >= 11 is 0. The maximum absolute atomic E-state index is 12.5. The molecule has 0 radical (unpaired) electrons. The number of piperidine rings is 1. The molecule has 1 fully saturated rings. The second-order valence-corrected chi connectivity index (χ2v) is 6.50. The van der Waals surface area contributed by atoms with Crippen LogP contribution in [0.4, 0.5) is 13.2 Å². The maximum atomic E-state index is 12.5. The highest BCUT2D eigenvalue weighted by molar-refractivity contribution is 5.79. The van der Waals surface area contributed by atoms with Gasteiger partial charge in [0.1, 0.15) is 0 Å². The highest BCUT2D eigenvalue weighted by atomic mass is 19.4. The fraction of sp³-hybridized carbons (Fsp3) is 0.750. The van der Waals surface area contributed by atoms with Crippen LogP contribution in [0.5, 0.6) is 0 Å². The lowest BCUT2D eigenvalue weighted by atomic mass is 9.97. The molecule has 0 aliphatic carbocycles. The van der Waals surface area contributed by atoms with E-state index >= 15 is 0 Å². The van der Waals surface area contributed by atoms with Crippen molar-refractivity contribution in [2.45, 2.75) is 39.3 Å². The van der Waals surface area contributed by atoms with Crippen molar-refractivity contribution >= 4 is 5.91 Å². The lowest BCUT2D eigenvalue weighted by Gasteiger charge is -2.32. The Morgan fingerprint density at radius 1 is 1.38 bits per heavy atom. The zero-order valence-corrected chi connectivity index (χ0v) is 14.4. The maximum Gasteiger partial charge on any atom is 0.401 e. The number of hydrogen-bond acceptors (Lipinski definition) is 3. The number of carbonyl (C=O) groups excluding carboxylic acids is 1. The Morgan fingerprint density at radius 3 is 2.67 bits per heavy atom. The molecule has 8 heteroatoms. The molecule has 1 aliphatic heterocycles. The molecule has 136 valence electrons. The molecular weight excluding hydrogens is 321 g/mol. The number of amides is 1. The van der Waals surface area contributed by atoms with E-state index in [2.05, 4.69) is 10.4 Å². The van der Waals surface area contributed by atoms with Gasteiger partial charge in [-0.05, 0) is 45.2 Å². The smallest absolute Gasteiger partial charge is 0.355 e. The average Bonchev–Trinajstić information content (AvgIpc) is 2.72. The monoisotopic (exact) mass is 346 g/mol. The second kappa shape index (κ2) is 7.55. The molecule has 0 unspecified atom stereocenters. The molecule has 0 saturated carbocycles. The van der Waals surface area contributed by atoms with E-state index in [0.717, 1.165) is 17.0 Å². The fourth-order valence-corrected chi connectivity index (χ4v) is 3.30. The third-order valence-electron chi connectivity index (χ3n) is 4.61. The van der Waals surface area contributed by atoms with Crippen LogP contribution in [0.1, 0.15) is 29.8 Å². The van der Waals surface area contributed by atoms with E-state index in [0.29, 0.717) is 32.4 Å². The first kappa shape index (κ1) is 18.8. The number of rotatable bonds is 5. The highest BCUT2D eigenvalue weighted by Crippen LogP contribution is 2.22. The summed E-state index contributed by atoms with van der Waals surface area (Å²) in [4.78, 5) is 13.6. The summed E-state index contributed by atoms with van der Waals surface area (Å²) in [6, 6.07) is 0. The van der Waals surface area contributed by atoms with Gasteiger partial charge in [0.25, 0.3) is 0 Å². The van der Waals surface area contributed by atoms with Gasteiger partial charge < -0.3 is 5.32 Å². The normalized spacial score (nSPS) is 19.5. The number of hydrogen-bond donors (Lipinski definition) is 1. The summed E-state index contributed by atoms with van der Waals surface area (Å²) in [5.41, 5.74) is 3.12. The Hall–Kier alpha value is -1.57.